The average Bonchev–Trinajstić information content (AvgIpc) is 2.67. The molecular formula is C19H16ClF2N3O4. The van der Waals surface area contributed by atoms with Crippen LogP contribution in [0.4, 0.5) is 14.5 Å². The van der Waals surface area contributed by atoms with Crippen molar-refractivity contribution in [3.63, 3.8) is 0 Å². The highest BCUT2D eigenvalue weighted by molar-refractivity contribution is 6.32. The normalized spacial score (nSPS) is 11.1. The molecule has 0 saturated heterocycles. The van der Waals surface area contributed by atoms with Crippen molar-refractivity contribution in [1.82, 2.24) is 9.13 Å². The van der Waals surface area contributed by atoms with Crippen LogP contribution in [0, 0.1) is 0 Å². The number of anilines is 1. The highest BCUT2D eigenvalue weighted by atomic mass is 35.5. The molecule has 0 aliphatic carbocycles. The maximum atomic E-state index is 12.7. The first-order valence-corrected chi connectivity index (χ1v) is 8.96. The lowest BCUT2D eigenvalue weighted by molar-refractivity contribution is -0.116. The molecule has 0 radical (unpaired) electrons. The minimum atomic E-state index is -3.03. The molecule has 1 heterocycles. The SMILES string of the molecule is CCn1c(=O)c2ccccc2n(CC(=O)Nc2ccc(OC(F)F)c(Cl)c2)c1=O. The van der Waals surface area contributed by atoms with Gasteiger partial charge in [-0.1, -0.05) is 23.7 Å². The van der Waals surface area contributed by atoms with Crippen LogP contribution in [0.3, 0.4) is 0 Å². The number of rotatable bonds is 6. The van der Waals surface area contributed by atoms with Gasteiger partial charge in [-0.3, -0.25) is 18.7 Å². The van der Waals surface area contributed by atoms with E-state index in [9.17, 15) is 23.2 Å². The summed E-state index contributed by atoms with van der Waals surface area (Å²) in [6, 6.07) is 10.3. The van der Waals surface area contributed by atoms with E-state index in [1.807, 2.05) is 0 Å². The van der Waals surface area contributed by atoms with Crippen molar-refractivity contribution >= 4 is 34.1 Å². The molecule has 0 bridgehead atoms. The summed E-state index contributed by atoms with van der Waals surface area (Å²) in [5.41, 5.74) is -0.458. The zero-order valence-electron chi connectivity index (χ0n) is 15.2. The number of nitrogens with zero attached hydrogens (tertiary/aromatic N) is 2. The van der Waals surface area contributed by atoms with Gasteiger partial charge in [-0.2, -0.15) is 8.78 Å². The van der Waals surface area contributed by atoms with Crippen LogP contribution < -0.4 is 21.3 Å². The van der Waals surface area contributed by atoms with Crippen molar-refractivity contribution in [3.05, 3.63) is 68.3 Å². The Morgan fingerprint density at radius 3 is 2.55 bits per heavy atom. The van der Waals surface area contributed by atoms with Crippen LogP contribution in [0.2, 0.25) is 5.02 Å². The second-order valence-electron chi connectivity index (χ2n) is 6.01. The van der Waals surface area contributed by atoms with Gasteiger partial charge in [-0.15, -0.1) is 0 Å². The summed E-state index contributed by atoms with van der Waals surface area (Å²) in [6.07, 6.45) is 0. The van der Waals surface area contributed by atoms with Crippen molar-refractivity contribution in [1.29, 1.82) is 0 Å². The topological polar surface area (TPSA) is 82.3 Å². The number of ether oxygens (including phenoxy) is 1. The van der Waals surface area contributed by atoms with Crippen molar-refractivity contribution in [2.24, 2.45) is 0 Å². The molecule has 29 heavy (non-hydrogen) atoms. The van der Waals surface area contributed by atoms with E-state index in [1.165, 1.54) is 22.8 Å². The number of hydrogen-bond acceptors (Lipinski definition) is 4. The zero-order chi connectivity index (χ0) is 21.1. The van der Waals surface area contributed by atoms with Crippen LogP contribution in [-0.4, -0.2) is 21.7 Å². The summed E-state index contributed by atoms with van der Waals surface area (Å²) >= 11 is 5.87. The Bertz CT molecular complexity index is 1190. The lowest BCUT2D eigenvalue weighted by Crippen LogP contribution is -2.41. The van der Waals surface area contributed by atoms with E-state index in [0.29, 0.717) is 10.9 Å². The monoisotopic (exact) mass is 423 g/mol. The minimum Gasteiger partial charge on any atom is -0.433 e. The average molecular weight is 424 g/mol. The number of aromatic nitrogens is 2. The fourth-order valence-electron chi connectivity index (χ4n) is 2.92. The van der Waals surface area contributed by atoms with Crippen LogP contribution in [0.5, 0.6) is 5.75 Å². The summed E-state index contributed by atoms with van der Waals surface area (Å²) in [7, 11) is 0. The van der Waals surface area contributed by atoms with Crippen molar-refractivity contribution in [2.75, 3.05) is 5.32 Å². The van der Waals surface area contributed by atoms with Crippen LogP contribution in [0.1, 0.15) is 6.92 Å². The Kier molecular flexibility index (Phi) is 5.97. The van der Waals surface area contributed by atoms with Gasteiger partial charge in [0.25, 0.3) is 5.56 Å². The summed E-state index contributed by atoms with van der Waals surface area (Å²) in [5, 5.41) is 2.75. The summed E-state index contributed by atoms with van der Waals surface area (Å²) in [6.45, 7) is -1.56. The smallest absolute Gasteiger partial charge is 0.387 e. The molecule has 1 amide bonds. The summed E-state index contributed by atoms with van der Waals surface area (Å²) < 4.78 is 31.1. The van der Waals surface area contributed by atoms with Gasteiger partial charge in [0.1, 0.15) is 12.3 Å². The second kappa shape index (κ2) is 8.44. The van der Waals surface area contributed by atoms with E-state index in [-0.39, 0.29) is 29.5 Å². The Morgan fingerprint density at radius 2 is 1.90 bits per heavy atom. The number of carbonyl (C=O) groups is 1. The lowest BCUT2D eigenvalue weighted by atomic mass is 10.2. The van der Waals surface area contributed by atoms with E-state index >= 15 is 0 Å². The molecule has 0 aliphatic heterocycles. The van der Waals surface area contributed by atoms with Gasteiger partial charge in [0.05, 0.1) is 15.9 Å². The molecule has 0 fully saturated rings. The van der Waals surface area contributed by atoms with E-state index in [1.54, 1.807) is 31.2 Å². The number of fused-ring (bicyclic) bond motifs is 1. The third kappa shape index (κ3) is 4.29. The zero-order valence-corrected chi connectivity index (χ0v) is 16.0. The summed E-state index contributed by atoms with van der Waals surface area (Å²) in [5.74, 6) is -0.783. The predicted octanol–water partition coefficient (Wildman–Crippen LogP) is 3.08. The maximum Gasteiger partial charge on any atom is 0.387 e. The van der Waals surface area contributed by atoms with Crippen LogP contribution in [0.15, 0.2) is 52.1 Å². The number of benzene rings is 2. The number of nitrogens with one attached hydrogen (secondary N) is 1. The first-order chi connectivity index (χ1) is 13.8. The molecule has 152 valence electrons. The molecule has 0 unspecified atom stereocenters. The maximum absolute atomic E-state index is 12.7. The molecule has 1 aromatic heterocycles. The molecule has 2 aromatic carbocycles. The first kappa shape index (κ1) is 20.5. The van der Waals surface area contributed by atoms with Crippen molar-refractivity contribution in [2.45, 2.75) is 26.6 Å². The highest BCUT2D eigenvalue weighted by Crippen LogP contribution is 2.28. The van der Waals surface area contributed by atoms with E-state index in [4.69, 9.17) is 11.6 Å². The molecule has 3 rings (SSSR count). The van der Waals surface area contributed by atoms with Crippen LogP contribution in [0.25, 0.3) is 10.9 Å². The fraction of sp³-hybridized carbons (Fsp3) is 0.211. The number of carbonyl (C=O) groups excluding carboxylic acids is 1. The third-order valence-electron chi connectivity index (χ3n) is 4.18. The number of hydrogen-bond donors (Lipinski definition) is 1. The Labute approximate surface area is 168 Å². The van der Waals surface area contributed by atoms with E-state index < -0.39 is 23.8 Å². The number of halogens is 3. The molecule has 0 aliphatic rings. The minimum absolute atomic E-state index is 0.106. The molecule has 3 aromatic rings. The highest BCUT2D eigenvalue weighted by Gasteiger charge is 2.15. The standard InChI is InChI=1S/C19H16ClF2N3O4/c1-2-24-17(27)12-5-3-4-6-14(12)25(19(24)28)10-16(26)23-11-7-8-15(13(20)9-11)29-18(21)22/h3-9,18H,2,10H2,1H3,(H,23,26). The quantitative estimate of drug-likeness (QED) is 0.660. The van der Waals surface area contributed by atoms with Crippen molar-refractivity contribution in [3.8, 4) is 5.75 Å². The molecule has 1 N–H and O–H groups in total. The summed E-state index contributed by atoms with van der Waals surface area (Å²) in [4.78, 5) is 37.6. The molecule has 0 saturated carbocycles. The van der Waals surface area contributed by atoms with Crippen LogP contribution in [-0.2, 0) is 17.9 Å². The lowest BCUT2D eigenvalue weighted by Gasteiger charge is -2.14. The third-order valence-corrected chi connectivity index (χ3v) is 4.48. The number of amides is 1. The van der Waals surface area contributed by atoms with Crippen LogP contribution >= 0.6 is 11.6 Å². The molecule has 0 atom stereocenters. The van der Waals surface area contributed by atoms with Gasteiger partial charge >= 0.3 is 12.3 Å². The predicted molar refractivity (Wildman–Crippen MR) is 105 cm³/mol. The second-order valence-corrected chi connectivity index (χ2v) is 6.41. The first-order valence-electron chi connectivity index (χ1n) is 8.58. The fourth-order valence-corrected chi connectivity index (χ4v) is 3.14. The largest absolute Gasteiger partial charge is 0.433 e. The van der Waals surface area contributed by atoms with Gasteiger partial charge < -0.3 is 10.1 Å². The van der Waals surface area contributed by atoms with Gasteiger partial charge in [0.15, 0.2) is 0 Å². The Morgan fingerprint density at radius 1 is 1.17 bits per heavy atom. The Balaban J connectivity index is 1.90. The van der Waals surface area contributed by atoms with E-state index in [2.05, 4.69) is 10.1 Å². The van der Waals surface area contributed by atoms with Gasteiger partial charge in [0, 0.05) is 12.2 Å². The van der Waals surface area contributed by atoms with Gasteiger partial charge in [-0.25, -0.2) is 4.79 Å². The Hall–Kier alpha value is -3.20. The molecular weight excluding hydrogens is 408 g/mol. The van der Waals surface area contributed by atoms with Gasteiger partial charge in [-0.05, 0) is 37.3 Å². The number of para-hydroxylation sites is 1. The molecule has 10 heteroatoms. The molecule has 7 nitrogen and oxygen atoms in total. The van der Waals surface area contributed by atoms with E-state index in [0.717, 1.165) is 4.57 Å². The van der Waals surface area contributed by atoms with Gasteiger partial charge in [0.2, 0.25) is 5.91 Å². The van der Waals surface area contributed by atoms with Crippen molar-refractivity contribution < 1.29 is 18.3 Å². The number of alkyl halides is 2. The molecule has 0 spiro atoms.